The van der Waals surface area contributed by atoms with Crippen molar-refractivity contribution in [3.8, 4) is 33.6 Å². The normalized spacial score (nSPS) is 12.6. The smallest absolute Gasteiger partial charge is 0.131 e. The zero-order valence-electron chi connectivity index (χ0n) is 34.0. The number of fused-ring (bicyclic) bond motifs is 3. The van der Waals surface area contributed by atoms with Gasteiger partial charge in [-0.05, 0) is 60.0 Å². The van der Waals surface area contributed by atoms with Gasteiger partial charge in [0, 0.05) is 34.6 Å². The molecule has 0 aliphatic carbocycles. The first kappa shape index (κ1) is 36.5. The van der Waals surface area contributed by atoms with Gasteiger partial charge in [0.2, 0.25) is 0 Å². The summed E-state index contributed by atoms with van der Waals surface area (Å²) in [6.07, 6.45) is 2.30. The molecule has 3 aromatic heterocycles. The average molecular weight is 926 g/mol. The molecule has 0 bridgehead atoms. The topological polar surface area (TPSA) is 38.9 Å². The van der Waals surface area contributed by atoms with Gasteiger partial charge in [-0.15, -0.1) is 17.7 Å². The summed E-state index contributed by atoms with van der Waals surface area (Å²) in [4.78, 5) is 9.15. The van der Waals surface area contributed by atoms with Crippen LogP contribution in [0, 0.1) is 31.9 Å². The Kier molecular flexibility index (Phi) is 11.3. The number of nitrogens with zero attached hydrogens (tertiary/aromatic N) is 2. The minimum Gasteiger partial charge on any atom is -0.476 e. The Morgan fingerprint density at radius 2 is 1.52 bits per heavy atom. The second-order valence-electron chi connectivity index (χ2n) is 15.8. The SMILES string of the molecule is CC(C)(C)c1cc[c-]c(-c2cc[c]([Ge]([CH3])([CH3])[CH3])cn2)c1.[2H]C([2H])(c1ccnc(-c2[c-]cc3c(c2)oc2c(-c4c(C)cccc4C)cccc23)c1)C(C)C.[Ir]. The van der Waals surface area contributed by atoms with Crippen LogP contribution >= 0.6 is 0 Å². The summed E-state index contributed by atoms with van der Waals surface area (Å²) in [6, 6.07) is 37.5. The van der Waals surface area contributed by atoms with Crippen molar-refractivity contribution in [3.05, 3.63) is 138 Å². The van der Waals surface area contributed by atoms with E-state index in [2.05, 4.69) is 141 Å². The van der Waals surface area contributed by atoms with Crippen LogP contribution in [0.5, 0.6) is 0 Å². The summed E-state index contributed by atoms with van der Waals surface area (Å²) >= 11 is -1.76. The fraction of sp³-hybridized carbons (Fsp3) is 0.277. The molecule has 0 unspecified atom stereocenters. The van der Waals surface area contributed by atoms with Gasteiger partial charge in [0.15, 0.2) is 0 Å². The molecule has 0 atom stereocenters. The van der Waals surface area contributed by atoms with Gasteiger partial charge < -0.3 is 9.40 Å². The van der Waals surface area contributed by atoms with Gasteiger partial charge in [0.05, 0.1) is 5.58 Å². The third-order valence-corrected chi connectivity index (χ3v) is 13.5. The molecule has 52 heavy (non-hydrogen) atoms. The largest absolute Gasteiger partial charge is 0.476 e. The van der Waals surface area contributed by atoms with E-state index in [-0.39, 0.29) is 31.4 Å². The average Bonchev–Trinajstić information content (AvgIpc) is 3.50. The first-order valence-corrected chi connectivity index (χ1v) is 25.2. The van der Waals surface area contributed by atoms with Crippen LogP contribution in [0.4, 0.5) is 0 Å². The van der Waals surface area contributed by atoms with Crippen molar-refractivity contribution >= 4 is 39.6 Å². The van der Waals surface area contributed by atoms with E-state index >= 15 is 0 Å². The van der Waals surface area contributed by atoms with Crippen LogP contribution in [0.25, 0.3) is 55.6 Å². The molecular weight excluding hydrogens is 873 g/mol. The molecule has 0 N–H and O–H groups in total. The van der Waals surface area contributed by atoms with E-state index in [1.54, 1.807) is 12.3 Å². The Bertz CT molecular complexity index is 2380. The van der Waals surface area contributed by atoms with Crippen molar-refractivity contribution < 1.29 is 27.3 Å². The Hall–Kier alpha value is -3.83. The van der Waals surface area contributed by atoms with Gasteiger partial charge in [0.25, 0.3) is 0 Å². The zero-order valence-corrected chi connectivity index (χ0v) is 36.5. The van der Waals surface area contributed by atoms with Crippen LogP contribution in [-0.2, 0) is 31.9 Å². The Morgan fingerprint density at radius 3 is 2.17 bits per heavy atom. The van der Waals surface area contributed by atoms with Gasteiger partial charge in [0.1, 0.15) is 5.58 Å². The van der Waals surface area contributed by atoms with Crippen LogP contribution in [0.3, 0.4) is 0 Å². The summed E-state index contributed by atoms with van der Waals surface area (Å²) in [6.45, 7) is 14.7. The number of aryl methyl sites for hydroxylation is 2. The second-order valence-corrected chi connectivity index (χ2v) is 26.5. The van der Waals surface area contributed by atoms with Crippen LogP contribution in [0.1, 0.15) is 59.6 Å². The van der Waals surface area contributed by atoms with Crippen molar-refractivity contribution in [2.45, 2.75) is 77.5 Å². The minimum atomic E-state index is -1.76. The monoisotopic (exact) mass is 927 g/mol. The maximum absolute atomic E-state index is 8.44. The van der Waals surface area contributed by atoms with Crippen LogP contribution in [0.2, 0.25) is 17.3 Å². The summed E-state index contributed by atoms with van der Waals surface area (Å²) in [5.74, 6) is 7.03. The zero-order chi connectivity index (χ0) is 38.3. The molecular formula is C47H50GeIrN2O-2. The van der Waals surface area contributed by atoms with Crippen molar-refractivity contribution in [2.24, 2.45) is 5.92 Å². The maximum atomic E-state index is 8.44. The Morgan fingerprint density at radius 1 is 0.808 bits per heavy atom. The van der Waals surface area contributed by atoms with Crippen LogP contribution < -0.4 is 4.40 Å². The minimum absolute atomic E-state index is 0. The summed E-state index contributed by atoms with van der Waals surface area (Å²) in [7, 11) is 0. The Balaban J connectivity index is 0.000000230. The van der Waals surface area contributed by atoms with E-state index in [9.17, 15) is 0 Å². The molecule has 3 nitrogen and oxygen atoms in total. The fourth-order valence-electron chi connectivity index (χ4n) is 6.40. The van der Waals surface area contributed by atoms with E-state index in [4.69, 9.17) is 7.16 Å². The molecule has 5 heteroatoms. The summed E-state index contributed by atoms with van der Waals surface area (Å²) < 4.78 is 24.7. The predicted octanol–water partition coefficient (Wildman–Crippen LogP) is 12.3. The first-order chi connectivity index (χ1) is 24.9. The molecule has 4 aromatic carbocycles. The number of benzene rings is 4. The van der Waals surface area contributed by atoms with Crippen molar-refractivity contribution in [1.82, 2.24) is 9.97 Å². The van der Waals surface area contributed by atoms with Crippen LogP contribution in [0.15, 0.2) is 108 Å². The molecule has 0 aliphatic heterocycles. The quantitative estimate of drug-likeness (QED) is 0.123. The molecule has 7 rings (SSSR count). The number of para-hydroxylation sites is 1. The third kappa shape index (κ3) is 8.85. The molecule has 0 aliphatic rings. The molecule has 269 valence electrons. The molecule has 0 saturated heterocycles. The first-order valence-electron chi connectivity index (χ1n) is 18.8. The van der Waals surface area contributed by atoms with E-state index in [0.29, 0.717) is 11.3 Å². The van der Waals surface area contributed by atoms with E-state index in [1.165, 1.54) is 26.6 Å². The van der Waals surface area contributed by atoms with Gasteiger partial charge in [-0.3, -0.25) is 0 Å². The Labute approximate surface area is 329 Å². The van der Waals surface area contributed by atoms with Crippen molar-refractivity contribution in [3.63, 3.8) is 0 Å². The van der Waals surface area contributed by atoms with Crippen molar-refractivity contribution in [2.75, 3.05) is 0 Å². The second kappa shape index (κ2) is 16.0. The number of hydrogen-bond donors (Lipinski definition) is 0. The van der Waals surface area contributed by atoms with Gasteiger partial charge in [-0.25, -0.2) is 0 Å². The van der Waals surface area contributed by atoms with E-state index in [1.807, 2.05) is 38.1 Å². The number of furan rings is 1. The van der Waals surface area contributed by atoms with E-state index < -0.39 is 19.6 Å². The van der Waals surface area contributed by atoms with Crippen LogP contribution in [-0.4, -0.2) is 23.2 Å². The standard InChI is InChI=1S/C29H26NO.C18H24GeN.Ir/c1-18(2)15-21-13-14-30-26(16-21)22-11-12-23-24-9-6-10-25(29(24)31-27(23)17-22)28-19(3)7-5-8-20(28)4;1-18(2,3)15-9-7-8-14(12-15)17-11-10-16(13-20-17)19(4,5)6;/h5-10,12-14,16-18H,15H2,1-4H3;7,9-13H,1-6H3;/q2*-1;/i15D2;;. The molecule has 7 aromatic rings. The molecule has 0 spiro atoms. The number of pyridine rings is 2. The molecule has 3 heterocycles. The molecule has 0 fully saturated rings. The third-order valence-electron chi connectivity index (χ3n) is 9.24. The van der Waals surface area contributed by atoms with Gasteiger partial charge in [-0.1, -0.05) is 73.3 Å². The maximum Gasteiger partial charge on any atom is 0.131 e. The van der Waals surface area contributed by atoms with Crippen molar-refractivity contribution in [1.29, 1.82) is 0 Å². The summed E-state index contributed by atoms with van der Waals surface area (Å²) in [5, 5.41) is 2.07. The number of rotatable bonds is 6. The molecule has 1 radical (unpaired) electrons. The van der Waals surface area contributed by atoms with Gasteiger partial charge in [-0.2, -0.15) is 0 Å². The van der Waals surface area contributed by atoms with Gasteiger partial charge >= 0.3 is 126 Å². The fourth-order valence-corrected chi connectivity index (χ4v) is 8.57. The predicted molar refractivity (Wildman–Crippen MR) is 219 cm³/mol. The number of hydrogen-bond acceptors (Lipinski definition) is 3. The number of aromatic nitrogens is 2. The molecule has 0 saturated carbocycles. The van der Waals surface area contributed by atoms with E-state index in [0.717, 1.165) is 44.3 Å². The molecule has 0 amide bonds. The summed E-state index contributed by atoms with van der Waals surface area (Å²) in [5.41, 5.74) is 12.1.